The van der Waals surface area contributed by atoms with Crippen molar-refractivity contribution < 1.29 is 10.0 Å². The Morgan fingerprint density at radius 3 is 2.33 bits per heavy atom. The molecule has 0 aromatic rings. The molecule has 5 heteroatoms. The lowest BCUT2D eigenvalue weighted by atomic mass is 9.78. The summed E-state index contributed by atoms with van der Waals surface area (Å²) >= 11 is 0. The number of nitrogens with zero attached hydrogens (tertiary/aromatic N) is 2. The predicted molar refractivity (Wildman–Crippen MR) is 71.4 cm³/mol. The minimum atomic E-state index is -0.854. The third-order valence-corrected chi connectivity index (χ3v) is 4.32. The molecule has 0 aromatic heterocycles. The Labute approximate surface area is 109 Å². The van der Waals surface area contributed by atoms with Gasteiger partial charge in [-0.25, -0.2) is 0 Å². The summed E-state index contributed by atoms with van der Waals surface area (Å²) in [5, 5.41) is 12.0. The molecule has 0 unspecified atom stereocenters. The van der Waals surface area contributed by atoms with Crippen LogP contribution < -0.4 is 5.73 Å². The molecule has 18 heavy (non-hydrogen) atoms. The highest BCUT2D eigenvalue weighted by Crippen LogP contribution is 2.32. The normalized spacial score (nSPS) is 17.4. The maximum Gasteiger partial charge on any atom is 0.236 e. The van der Waals surface area contributed by atoms with Crippen molar-refractivity contribution in [1.29, 1.82) is 0 Å². The van der Waals surface area contributed by atoms with Crippen molar-refractivity contribution in [2.45, 2.75) is 46.0 Å². The van der Waals surface area contributed by atoms with Gasteiger partial charge in [-0.1, -0.05) is 25.4 Å². The quantitative estimate of drug-likeness (QED) is 0.329. The van der Waals surface area contributed by atoms with Crippen molar-refractivity contribution in [2.24, 2.45) is 22.2 Å². The number of nitrogens with two attached hydrogens (primary N) is 1. The molecule has 0 aliphatic heterocycles. The topological polar surface area (TPSA) is 78.9 Å². The third-order valence-electron chi connectivity index (χ3n) is 4.32. The van der Waals surface area contributed by atoms with Crippen LogP contribution in [0.5, 0.6) is 0 Å². The van der Waals surface area contributed by atoms with Gasteiger partial charge in [-0.3, -0.25) is 4.79 Å². The van der Waals surface area contributed by atoms with Crippen LogP contribution in [0, 0.1) is 11.3 Å². The highest BCUT2D eigenvalue weighted by Gasteiger charge is 2.42. The predicted octanol–water partition coefficient (Wildman–Crippen LogP) is 1.80. The molecule has 3 N–H and O–H groups in total. The van der Waals surface area contributed by atoms with Gasteiger partial charge >= 0.3 is 0 Å². The summed E-state index contributed by atoms with van der Waals surface area (Å²) in [6, 6.07) is 0. The first kappa shape index (κ1) is 14.8. The van der Waals surface area contributed by atoms with Gasteiger partial charge in [-0.05, 0) is 31.6 Å². The summed E-state index contributed by atoms with van der Waals surface area (Å²) in [4.78, 5) is 14.3. The fraction of sp³-hybridized carbons (Fsp3) is 0.846. The molecule has 0 bridgehead atoms. The average molecular weight is 255 g/mol. The Hall–Kier alpha value is -1.26. The van der Waals surface area contributed by atoms with Gasteiger partial charge in [0.2, 0.25) is 5.91 Å². The number of hydrogen-bond donors (Lipinski definition) is 2. The maximum absolute atomic E-state index is 12.6. The van der Waals surface area contributed by atoms with Gasteiger partial charge in [0.15, 0.2) is 5.84 Å². The van der Waals surface area contributed by atoms with Crippen LogP contribution in [0.25, 0.3) is 0 Å². The molecule has 0 saturated heterocycles. The largest absolute Gasteiger partial charge is 0.409 e. The van der Waals surface area contributed by atoms with Crippen molar-refractivity contribution in [3.8, 4) is 0 Å². The maximum atomic E-state index is 12.6. The summed E-state index contributed by atoms with van der Waals surface area (Å²) in [7, 11) is 1.81. The highest BCUT2D eigenvalue weighted by atomic mass is 16.4. The van der Waals surface area contributed by atoms with Crippen LogP contribution in [0.4, 0.5) is 0 Å². The van der Waals surface area contributed by atoms with Crippen molar-refractivity contribution in [1.82, 2.24) is 4.90 Å². The summed E-state index contributed by atoms with van der Waals surface area (Å²) in [6.07, 6.45) is 4.76. The van der Waals surface area contributed by atoms with Gasteiger partial charge < -0.3 is 15.8 Å². The molecule has 1 amide bonds. The monoisotopic (exact) mass is 255 g/mol. The molecule has 1 saturated carbocycles. The zero-order chi connectivity index (χ0) is 13.8. The zero-order valence-electron chi connectivity index (χ0n) is 11.6. The van der Waals surface area contributed by atoms with E-state index in [-0.39, 0.29) is 11.7 Å². The number of amides is 1. The first-order valence-electron chi connectivity index (χ1n) is 6.75. The third kappa shape index (κ3) is 2.60. The lowest BCUT2D eigenvalue weighted by Gasteiger charge is -2.36. The Morgan fingerprint density at radius 1 is 1.44 bits per heavy atom. The SMILES string of the molecule is CCC(CC)(C(=O)N(C)CC1CCC1)C(N)=NO. The number of carbonyl (C=O) groups excluding carboxylic acids is 1. The van der Waals surface area contributed by atoms with Crippen molar-refractivity contribution in [2.75, 3.05) is 13.6 Å². The molecular formula is C13H25N3O2. The minimum absolute atomic E-state index is 0.0259. The molecule has 0 aromatic carbocycles. The second-order valence-electron chi connectivity index (χ2n) is 5.26. The Morgan fingerprint density at radius 2 is 2.00 bits per heavy atom. The molecule has 0 heterocycles. The molecule has 0 atom stereocenters. The Balaban J connectivity index is 2.80. The molecule has 1 fully saturated rings. The van der Waals surface area contributed by atoms with Crippen molar-refractivity contribution in [3.63, 3.8) is 0 Å². The van der Waals surface area contributed by atoms with E-state index in [0.29, 0.717) is 18.8 Å². The first-order valence-corrected chi connectivity index (χ1v) is 6.75. The Kier molecular flexibility index (Phi) is 4.99. The van der Waals surface area contributed by atoms with E-state index in [0.717, 1.165) is 6.54 Å². The number of carbonyl (C=O) groups is 1. The van der Waals surface area contributed by atoms with Crippen molar-refractivity contribution in [3.05, 3.63) is 0 Å². The van der Waals surface area contributed by atoms with Gasteiger partial charge in [0.1, 0.15) is 5.41 Å². The van der Waals surface area contributed by atoms with Crippen LogP contribution in [0.15, 0.2) is 5.16 Å². The van der Waals surface area contributed by atoms with E-state index >= 15 is 0 Å². The number of amidine groups is 1. The Bertz CT molecular complexity index is 320. The fourth-order valence-corrected chi connectivity index (χ4v) is 2.63. The van der Waals surface area contributed by atoms with Crippen LogP contribution in [0.3, 0.4) is 0 Å². The lowest BCUT2D eigenvalue weighted by molar-refractivity contribution is -0.138. The van der Waals surface area contributed by atoms with E-state index in [9.17, 15) is 4.79 Å². The van der Waals surface area contributed by atoms with Crippen LogP contribution >= 0.6 is 0 Å². The molecule has 1 aliphatic rings. The van der Waals surface area contributed by atoms with Crippen LogP contribution in [-0.2, 0) is 4.79 Å². The average Bonchev–Trinajstić information content (AvgIpc) is 2.34. The molecular weight excluding hydrogens is 230 g/mol. The standard InChI is InChI=1S/C13H25N3O2/c1-4-13(5-2,11(14)15-18)12(17)16(3)9-10-7-6-8-10/h10,18H,4-9H2,1-3H3,(H2,14,15). The second-order valence-corrected chi connectivity index (χ2v) is 5.26. The van der Waals surface area contributed by atoms with E-state index in [1.54, 1.807) is 4.90 Å². The zero-order valence-corrected chi connectivity index (χ0v) is 11.6. The van der Waals surface area contributed by atoms with Crippen LogP contribution in [0.1, 0.15) is 46.0 Å². The molecule has 104 valence electrons. The van der Waals surface area contributed by atoms with E-state index in [1.807, 2.05) is 20.9 Å². The van der Waals surface area contributed by atoms with E-state index in [1.165, 1.54) is 19.3 Å². The van der Waals surface area contributed by atoms with E-state index < -0.39 is 5.41 Å². The number of rotatable bonds is 6. The lowest BCUT2D eigenvalue weighted by Crippen LogP contribution is -2.51. The van der Waals surface area contributed by atoms with Gasteiger partial charge in [-0.2, -0.15) is 0 Å². The fourth-order valence-electron chi connectivity index (χ4n) is 2.63. The molecule has 0 spiro atoms. The van der Waals surface area contributed by atoms with Gasteiger partial charge in [0.05, 0.1) is 0 Å². The summed E-state index contributed by atoms with van der Waals surface area (Å²) in [5.74, 6) is 0.616. The molecule has 5 nitrogen and oxygen atoms in total. The summed E-state index contributed by atoms with van der Waals surface area (Å²) < 4.78 is 0. The first-order chi connectivity index (χ1) is 8.51. The molecule has 1 rings (SSSR count). The molecule has 0 radical (unpaired) electrons. The van der Waals surface area contributed by atoms with Gasteiger partial charge in [0.25, 0.3) is 0 Å². The van der Waals surface area contributed by atoms with E-state index in [2.05, 4.69) is 5.16 Å². The minimum Gasteiger partial charge on any atom is -0.409 e. The number of hydrogen-bond acceptors (Lipinski definition) is 3. The summed E-state index contributed by atoms with van der Waals surface area (Å²) in [5.41, 5.74) is 4.89. The van der Waals surface area contributed by atoms with Gasteiger partial charge in [0, 0.05) is 13.6 Å². The van der Waals surface area contributed by atoms with Crippen LogP contribution in [0.2, 0.25) is 0 Å². The number of oxime groups is 1. The van der Waals surface area contributed by atoms with Crippen LogP contribution in [-0.4, -0.2) is 35.4 Å². The summed E-state index contributed by atoms with van der Waals surface area (Å²) in [6.45, 7) is 4.58. The molecule has 1 aliphatic carbocycles. The highest BCUT2D eigenvalue weighted by molar-refractivity contribution is 6.06. The van der Waals surface area contributed by atoms with Crippen molar-refractivity contribution >= 4 is 11.7 Å². The van der Waals surface area contributed by atoms with E-state index in [4.69, 9.17) is 10.9 Å². The second kappa shape index (κ2) is 6.07. The van der Waals surface area contributed by atoms with Gasteiger partial charge in [-0.15, -0.1) is 0 Å². The smallest absolute Gasteiger partial charge is 0.236 e.